The molecular weight excluding hydrogens is 400 g/mol. The summed E-state index contributed by atoms with van der Waals surface area (Å²) < 4.78 is 11.5. The normalized spacial score (nSPS) is 18.2. The number of allylic oxidation sites excluding steroid dienone is 1. The van der Waals surface area contributed by atoms with Crippen molar-refractivity contribution in [2.24, 2.45) is 4.99 Å². The molecule has 0 radical (unpaired) electrons. The maximum absolute atomic E-state index is 12.6. The molecule has 0 aliphatic carbocycles. The van der Waals surface area contributed by atoms with E-state index in [1.54, 1.807) is 12.0 Å². The zero-order valence-electron chi connectivity index (χ0n) is 17.0. The summed E-state index contributed by atoms with van der Waals surface area (Å²) in [5.74, 6) is 1.31. The molecule has 2 aromatic carbocycles. The number of hydrogen-bond acceptors (Lipinski definition) is 6. The second kappa shape index (κ2) is 8.36. The van der Waals surface area contributed by atoms with Gasteiger partial charge in [-0.05, 0) is 37.1 Å². The molecule has 1 atom stereocenters. The van der Waals surface area contributed by atoms with Crippen molar-refractivity contribution in [1.82, 2.24) is 4.90 Å². The minimum atomic E-state index is -0.519. The molecule has 6 nitrogen and oxygen atoms in total. The number of Topliss-reactive ketones (excluding diaryl/α,β-unsaturated/α-hetero) is 1. The first-order valence-corrected chi connectivity index (χ1v) is 10.6. The maximum atomic E-state index is 12.6. The highest BCUT2D eigenvalue weighted by Crippen LogP contribution is 2.43. The van der Waals surface area contributed by atoms with Gasteiger partial charge in [-0.1, -0.05) is 48.2 Å². The smallest absolute Gasteiger partial charge is 0.239 e. The number of amides is 1. The van der Waals surface area contributed by atoms with Crippen LogP contribution in [0.4, 0.5) is 0 Å². The lowest BCUT2D eigenvalue weighted by molar-refractivity contribution is -0.125. The van der Waals surface area contributed by atoms with Gasteiger partial charge in [0.05, 0.1) is 18.9 Å². The number of fused-ring (bicyclic) bond motifs is 1. The first-order chi connectivity index (χ1) is 14.5. The molecule has 0 N–H and O–H groups in total. The standard InChI is InChI=1S/C23H22N2O4S/c1-14-21(15(2)26)22(25-20(27)13-30-23(25)24-14)17-9-10-18(19(11-17)28-3)29-12-16-7-5-4-6-8-16/h4-11,22H,12-13H2,1-3H3/t22-/m0/s1. The van der Waals surface area contributed by atoms with Gasteiger partial charge in [-0.15, -0.1) is 0 Å². The van der Waals surface area contributed by atoms with Gasteiger partial charge in [0, 0.05) is 11.3 Å². The van der Waals surface area contributed by atoms with Gasteiger partial charge in [-0.25, -0.2) is 4.99 Å². The first-order valence-electron chi connectivity index (χ1n) is 9.59. The van der Waals surface area contributed by atoms with E-state index in [2.05, 4.69) is 4.99 Å². The molecule has 2 aliphatic rings. The Balaban J connectivity index is 1.69. The minimum Gasteiger partial charge on any atom is -0.493 e. The number of amidine groups is 1. The summed E-state index contributed by atoms with van der Waals surface area (Å²) in [4.78, 5) is 31.1. The summed E-state index contributed by atoms with van der Waals surface area (Å²) in [6.07, 6.45) is 0. The Morgan fingerprint density at radius 1 is 1.20 bits per heavy atom. The van der Waals surface area contributed by atoms with Crippen molar-refractivity contribution in [3.63, 3.8) is 0 Å². The molecule has 1 amide bonds. The van der Waals surface area contributed by atoms with Crippen LogP contribution in [0.1, 0.15) is 31.0 Å². The fourth-order valence-corrected chi connectivity index (χ4v) is 4.65. The van der Waals surface area contributed by atoms with Gasteiger partial charge in [0.2, 0.25) is 5.91 Å². The van der Waals surface area contributed by atoms with Crippen molar-refractivity contribution in [3.05, 3.63) is 70.9 Å². The third-order valence-electron chi connectivity index (χ3n) is 5.10. The lowest BCUT2D eigenvalue weighted by atomic mass is 9.92. The number of carbonyl (C=O) groups excluding carboxylic acids is 2. The SMILES string of the molecule is COc1cc([C@H]2C(C(C)=O)=C(C)N=C3SCC(=O)N32)ccc1OCc1ccccc1. The van der Waals surface area contributed by atoms with Gasteiger partial charge >= 0.3 is 0 Å². The van der Waals surface area contributed by atoms with Crippen LogP contribution in [0.15, 0.2) is 64.8 Å². The predicted octanol–water partition coefficient (Wildman–Crippen LogP) is 4.12. The van der Waals surface area contributed by atoms with Gasteiger partial charge in [-0.2, -0.15) is 0 Å². The predicted molar refractivity (Wildman–Crippen MR) is 117 cm³/mol. The Morgan fingerprint density at radius 3 is 2.67 bits per heavy atom. The number of ketones is 1. The van der Waals surface area contributed by atoms with Crippen molar-refractivity contribution >= 4 is 28.6 Å². The zero-order valence-corrected chi connectivity index (χ0v) is 17.9. The van der Waals surface area contributed by atoms with E-state index in [1.165, 1.54) is 18.7 Å². The fourth-order valence-electron chi connectivity index (χ4n) is 3.72. The van der Waals surface area contributed by atoms with Crippen LogP contribution in [0, 0.1) is 0 Å². The van der Waals surface area contributed by atoms with Gasteiger partial charge in [0.1, 0.15) is 6.61 Å². The number of rotatable bonds is 6. The van der Waals surface area contributed by atoms with E-state index >= 15 is 0 Å². The van der Waals surface area contributed by atoms with E-state index in [9.17, 15) is 9.59 Å². The zero-order chi connectivity index (χ0) is 21.3. The van der Waals surface area contributed by atoms with E-state index in [4.69, 9.17) is 9.47 Å². The molecule has 4 rings (SSSR count). The third kappa shape index (κ3) is 3.73. The van der Waals surface area contributed by atoms with Crippen LogP contribution in [0.2, 0.25) is 0 Å². The monoisotopic (exact) mass is 422 g/mol. The topological polar surface area (TPSA) is 68.2 Å². The van der Waals surface area contributed by atoms with Crippen molar-refractivity contribution in [3.8, 4) is 11.5 Å². The van der Waals surface area contributed by atoms with Gasteiger partial charge in [-0.3, -0.25) is 14.5 Å². The van der Waals surface area contributed by atoms with Crippen LogP contribution >= 0.6 is 11.8 Å². The number of aliphatic imine (C=N–C) groups is 1. The molecule has 0 unspecified atom stereocenters. The quantitative estimate of drug-likeness (QED) is 0.700. The maximum Gasteiger partial charge on any atom is 0.239 e. The highest BCUT2D eigenvalue weighted by Gasteiger charge is 2.42. The molecule has 2 aromatic rings. The lowest BCUT2D eigenvalue weighted by Gasteiger charge is -2.33. The molecule has 154 valence electrons. The fraction of sp³-hybridized carbons (Fsp3) is 0.261. The average Bonchev–Trinajstić information content (AvgIpc) is 3.11. The molecule has 0 bridgehead atoms. The van der Waals surface area contributed by atoms with Gasteiger partial charge in [0.15, 0.2) is 22.4 Å². The summed E-state index contributed by atoms with van der Waals surface area (Å²) in [7, 11) is 1.58. The van der Waals surface area contributed by atoms with Crippen molar-refractivity contribution in [1.29, 1.82) is 0 Å². The number of benzene rings is 2. The van der Waals surface area contributed by atoms with E-state index in [0.717, 1.165) is 11.1 Å². The van der Waals surface area contributed by atoms with Crippen LogP contribution in [0.25, 0.3) is 0 Å². The van der Waals surface area contributed by atoms with Crippen LogP contribution in [0.5, 0.6) is 11.5 Å². The van der Waals surface area contributed by atoms with E-state index < -0.39 is 6.04 Å². The van der Waals surface area contributed by atoms with E-state index in [-0.39, 0.29) is 11.7 Å². The molecule has 0 aromatic heterocycles. The van der Waals surface area contributed by atoms with Crippen molar-refractivity contribution in [2.45, 2.75) is 26.5 Å². The molecule has 0 spiro atoms. The summed E-state index contributed by atoms with van der Waals surface area (Å²) in [6, 6.07) is 14.9. The van der Waals surface area contributed by atoms with Gasteiger partial charge < -0.3 is 9.47 Å². The van der Waals surface area contributed by atoms with Crippen LogP contribution in [-0.4, -0.2) is 34.6 Å². The average molecular weight is 423 g/mol. The second-order valence-electron chi connectivity index (χ2n) is 7.09. The number of hydrogen-bond donors (Lipinski definition) is 0. The lowest BCUT2D eigenvalue weighted by Crippen LogP contribution is -2.39. The van der Waals surface area contributed by atoms with Crippen LogP contribution < -0.4 is 9.47 Å². The highest BCUT2D eigenvalue weighted by molar-refractivity contribution is 8.15. The van der Waals surface area contributed by atoms with E-state index in [0.29, 0.717) is 40.3 Å². The van der Waals surface area contributed by atoms with Crippen molar-refractivity contribution < 1.29 is 19.1 Å². The number of ether oxygens (including phenoxy) is 2. The second-order valence-corrected chi connectivity index (χ2v) is 8.03. The molecule has 7 heteroatoms. The molecule has 2 heterocycles. The third-order valence-corrected chi connectivity index (χ3v) is 6.04. The summed E-state index contributed by atoms with van der Waals surface area (Å²) in [5.41, 5.74) is 3.00. The Bertz CT molecular complexity index is 1060. The highest BCUT2D eigenvalue weighted by atomic mass is 32.2. The number of nitrogens with zero attached hydrogens (tertiary/aromatic N) is 2. The molecule has 2 aliphatic heterocycles. The largest absolute Gasteiger partial charge is 0.493 e. The first kappa shape index (κ1) is 20.2. The van der Waals surface area contributed by atoms with Crippen LogP contribution in [0.3, 0.4) is 0 Å². The van der Waals surface area contributed by atoms with Crippen molar-refractivity contribution in [2.75, 3.05) is 12.9 Å². The Morgan fingerprint density at radius 2 is 1.97 bits per heavy atom. The molecule has 30 heavy (non-hydrogen) atoms. The Labute approximate surface area is 179 Å². The molecular formula is C23H22N2O4S. The summed E-state index contributed by atoms with van der Waals surface area (Å²) in [6.45, 7) is 3.73. The molecule has 1 saturated heterocycles. The Hall–Kier alpha value is -3.06. The molecule has 0 saturated carbocycles. The summed E-state index contributed by atoms with van der Waals surface area (Å²) in [5, 5.41) is 0.635. The van der Waals surface area contributed by atoms with Gasteiger partial charge in [0.25, 0.3) is 0 Å². The Kier molecular flexibility index (Phi) is 5.63. The number of methoxy groups -OCH3 is 1. The molecule has 1 fully saturated rings. The van der Waals surface area contributed by atoms with Crippen LogP contribution in [-0.2, 0) is 16.2 Å². The van der Waals surface area contributed by atoms with E-state index in [1.807, 2.05) is 55.5 Å². The number of thioether (sulfide) groups is 1. The number of carbonyl (C=O) groups is 2. The summed E-state index contributed by atoms with van der Waals surface area (Å²) >= 11 is 1.39. The minimum absolute atomic E-state index is 0.0571.